The van der Waals surface area contributed by atoms with Crippen molar-refractivity contribution in [2.45, 2.75) is 8.67 Å². The fourth-order valence-electron chi connectivity index (χ4n) is 2.05. The first-order valence-corrected chi connectivity index (χ1v) is 8.12. The van der Waals surface area contributed by atoms with Crippen LogP contribution in [0.4, 0.5) is 0 Å². The lowest BCUT2D eigenvalue weighted by atomic mass is 10.3. The van der Waals surface area contributed by atoms with Gasteiger partial charge in [-0.15, -0.1) is 24.0 Å². The Morgan fingerprint density at radius 3 is 2.30 bits per heavy atom. The van der Waals surface area contributed by atoms with E-state index < -0.39 is 4.33 Å². The van der Waals surface area contributed by atoms with E-state index in [9.17, 15) is 0 Å². The van der Waals surface area contributed by atoms with E-state index >= 15 is 0 Å². The molecule has 3 nitrogen and oxygen atoms in total. The Hall–Kier alpha value is -1.37. The predicted octanol–water partition coefficient (Wildman–Crippen LogP) is 2.88. The molecule has 0 amide bonds. The number of nitrogens with zero attached hydrogens (tertiary/aromatic N) is 3. The van der Waals surface area contributed by atoms with Crippen LogP contribution in [-0.4, -0.2) is 9.31 Å². The molecule has 0 fully saturated rings. The van der Waals surface area contributed by atoms with Gasteiger partial charge in [-0.05, 0) is 36.0 Å². The molecule has 0 N–H and O–H groups in total. The van der Waals surface area contributed by atoms with Crippen molar-refractivity contribution in [2.24, 2.45) is 9.98 Å². The largest absolute Gasteiger partial charge is 0.250 e. The van der Waals surface area contributed by atoms with E-state index in [2.05, 4.69) is 33.7 Å². The minimum absolute atomic E-state index is 0.808. The van der Waals surface area contributed by atoms with Gasteiger partial charge in [0.15, 0.2) is 4.34 Å². The SMILES string of the molecule is SC1(Sc2nc3ccccc3s2)N=c2ccccc2=N1. The molecule has 3 aromatic rings. The molecule has 0 saturated heterocycles. The third-order valence-electron chi connectivity index (χ3n) is 2.91. The summed E-state index contributed by atoms with van der Waals surface area (Å²) in [4.78, 5) is 13.7. The third-order valence-corrected chi connectivity index (χ3v) is 5.44. The number of para-hydroxylation sites is 3. The molecule has 1 aliphatic heterocycles. The number of aromatic nitrogens is 1. The second-order valence-electron chi connectivity index (χ2n) is 4.34. The number of rotatable bonds is 2. The molecule has 20 heavy (non-hydrogen) atoms. The zero-order valence-electron chi connectivity index (χ0n) is 10.2. The van der Waals surface area contributed by atoms with Gasteiger partial charge >= 0.3 is 0 Å². The first-order valence-electron chi connectivity index (χ1n) is 6.04. The van der Waals surface area contributed by atoms with Crippen molar-refractivity contribution in [2.75, 3.05) is 0 Å². The third kappa shape index (κ3) is 2.13. The van der Waals surface area contributed by atoms with E-state index in [0.717, 1.165) is 20.6 Å². The summed E-state index contributed by atoms with van der Waals surface area (Å²) < 4.78 is 1.29. The van der Waals surface area contributed by atoms with Gasteiger partial charge < -0.3 is 0 Å². The van der Waals surface area contributed by atoms with Gasteiger partial charge in [-0.2, -0.15) is 0 Å². The number of thiazole rings is 1. The van der Waals surface area contributed by atoms with Crippen LogP contribution in [0, 0.1) is 0 Å². The number of hydrogen-bond acceptors (Lipinski definition) is 6. The molecule has 0 radical (unpaired) electrons. The van der Waals surface area contributed by atoms with Gasteiger partial charge in [-0.25, -0.2) is 15.0 Å². The van der Waals surface area contributed by atoms with Gasteiger partial charge in [0.25, 0.3) is 4.33 Å². The second-order valence-corrected chi connectivity index (χ2v) is 7.71. The van der Waals surface area contributed by atoms with E-state index in [-0.39, 0.29) is 0 Å². The summed E-state index contributed by atoms with van der Waals surface area (Å²) in [6, 6.07) is 15.9. The molecule has 2 heterocycles. The van der Waals surface area contributed by atoms with Crippen LogP contribution in [0.2, 0.25) is 0 Å². The first kappa shape index (κ1) is 12.4. The normalized spacial score (nSPS) is 15.7. The van der Waals surface area contributed by atoms with Gasteiger partial charge in [0.1, 0.15) is 0 Å². The Morgan fingerprint density at radius 2 is 1.60 bits per heavy atom. The molecule has 0 saturated carbocycles. The van der Waals surface area contributed by atoms with Gasteiger partial charge in [-0.3, -0.25) is 0 Å². The average molecular weight is 315 g/mol. The maximum absolute atomic E-state index is 4.62. The van der Waals surface area contributed by atoms with Crippen molar-refractivity contribution < 1.29 is 0 Å². The monoisotopic (exact) mass is 315 g/mol. The van der Waals surface area contributed by atoms with E-state index in [0.29, 0.717) is 0 Å². The number of benzene rings is 2. The molecule has 98 valence electrons. The van der Waals surface area contributed by atoms with Gasteiger partial charge in [0, 0.05) is 0 Å². The Morgan fingerprint density at radius 1 is 0.950 bits per heavy atom. The second kappa shape index (κ2) is 4.58. The van der Waals surface area contributed by atoms with Crippen LogP contribution in [0.5, 0.6) is 0 Å². The highest BCUT2D eigenvalue weighted by molar-refractivity contribution is 8.12. The zero-order valence-corrected chi connectivity index (χ0v) is 12.8. The van der Waals surface area contributed by atoms with Crippen molar-refractivity contribution in [1.29, 1.82) is 0 Å². The minimum Gasteiger partial charge on any atom is -0.233 e. The van der Waals surface area contributed by atoms with Crippen molar-refractivity contribution in [3.05, 3.63) is 59.2 Å². The topological polar surface area (TPSA) is 37.6 Å². The Kier molecular flexibility index (Phi) is 2.83. The highest BCUT2D eigenvalue weighted by atomic mass is 32.2. The van der Waals surface area contributed by atoms with E-state index in [1.807, 2.05) is 42.5 Å². The standard InChI is InChI=1S/C14H9N3S3/c18-14(16-9-5-1-2-6-10(9)17-14)20-13-15-11-7-3-4-8-12(11)19-13/h1-8,18H. The summed E-state index contributed by atoms with van der Waals surface area (Å²) in [7, 11) is 0. The maximum Gasteiger partial charge on any atom is 0.250 e. The Balaban J connectivity index is 1.74. The molecule has 1 aromatic heterocycles. The average Bonchev–Trinajstić information content (AvgIpc) is 2.97. The van der Waals surface area contributed by atoms with E-state index in [1.54, 1.807) is 11.3 Å². The van der Waals surface area contributed by atoms with Crippen molar-refractivity contribution in [1.82, 2.24) is 4.98 Å². The highest BCUT2D eigenvalue weighted by Crippen LogP contribution is 2.41. The van der Waals surface area contributed by atoms with Gasteiger partial charge in [-0.1, -0.05) is 24.3 Å². The van der Waals surface area contributed by atoms with Crippen molar-refractivity contribution in [3.63, 3.8) is 0 Å². The molecular weight excluding hydrogens is 306 g/mol. The van der Waals surface area contributed by atoms with E-state index in [1.165, 1.54) is 16.5 Å². The molecule has 1 aliphatic rings. The van der Waals surface area contributed by atoms with Crippen LogP contribution in [0.1, 0.15) is 0 Å². The summed E-state index contributed by atoms with van der Waals surface area (Å²) >= 11 is 7.73. The molecule has 4 rings (SSSR count). The van der Waals surface area contributed by atoms with Crippen LogP contribution < -0.4 is 10.7 Å². The smallest absolute Gasteiger partial charge is 0.233 e. The van der Waals surface area contributed by atoms with Crippen LogP contribution >= 0.6 is 35.7 Å². The summed E-state index contributed by atoms with van der Waals surface area (Å²) in [5.74, 6) is 0. The summed E-state index contributed by atoms with van der Waals surface area (Å²) in [5.41, 5.74) is 1.01. The number of fused-ring (bicyclic) bond motifs is 2. The van der Waals surface area contributed by atoms with Crippen LogP contribution in [0.3, 0.4) is 0 Å². The van der Waals surface area contributed by atoms with Gasteiger partial charge in [0.05, 0.1) is 20.9 Å². The summed E-state index contributed by atoms with van der Waals surface area (Å²) in [6.07, 6.45) is 0. The molecule has 2 aromatic carbocycles. The molecule has 6 heteroatoms. The molecule has 0 spiro atoms. The van der Waals surface area contributed by atoms with Crippen molar-refractivity contribution >= 4 is 45.9 Å². The quantitative estimate of drug-likeness (QED) is 0.583. The van der Waals surface area contributed by atoms with Crippen molar-refractivity contribution in [3.8, 4) is 0 Å². The summed E-state index contributed by atoms with van der Waals surface area (Å²) in [5, 5.41) is 1.77. The zero-order chi connectivity index (χ0) is 13.6. The molecular formula is C14H9N3S3. The lowest BCUT2D eigenvalue weighted by molar-refractivity contribution is 0.910. The molecule has 0 atom stereocenters. The van der Waals surface area contributed by atoms with Gasteiger partial charge in [0.2, 0.25) is 0 Å². The first-order chi connectivity index (χ1) is 9.72. The molecule has 0 bridgehead atoms. The molecule has 0 aliphatic carbocycles. The predicted molar refractivity (Wildman–Crippen MR) is 85.9 cm³/mol. The van der Waals surface area contributed by atoms with E-state index in [4.69, 9.17) is 0 Å². The number of hydrogen-bond donors (Lipinski definition) is 1. The lowest BCUT2D eigenvalue weighted by Gasteiger charge is -2.12. The molecule has 0 unspecified atom stereocenters. The Labute approximate surface area is 128 Å². The summed E-state index contributed by atoms with van der Waals surface area (Å²) in [6.45, 7) is 0. The number of thioether (sulfide) groups is 1. The lowest BCUT2D eigenvalue weighted by Crippen LogP contribution is -2.19. The fourth-order valence-corrected chi connectivity index (χ4v) is 4.86. The minimum atomic E-state index is -0.808. The Bertz CT molecular complexity index is 849. The van der Waals surface area contributed by atoms with Crippen LogP contribution in [0.15, 0.2) is 62.9 Å². The van der Waals surface area contributed by atoms with Crippen LogP contribution in [0.25, 0.3) is 10.2 Å². The fraction of sp³-hybridized carbons (Fsp3) is 0.0714. The maximum atomic E-state index is 4.62. The highest BCUT2D eigenvalue weighted by Gasteiger charge is 2.29. The van der Waals surface area contributed by atoms with Crippen LogP contribution in [-0.2, 0) is 0 Å². The number of thiol groups is 1.